The maximum absolute atomic E-state index is 11.8. The van der Waals surface area contributed by atoms with Crippen LogP contribution < -0.4 is 0 Å². The Labute approximate surface area is 110 Å². The standard InChI is InChI=1S/C13H16O6/c1-8(14)7-18-12(16)10-5-3-4-6-11(10)13(17)19-9(2)15/h3-6,8-9,14-15H,7H2,1-2H3. The van der Waals surface area contributed by atoms with Gasteiger partial charge in [-0.25, -0.2) is 9.59 Å². The third-order valence-electron chi connectivity index (χ3n) is 2.10. The Hall–Kier alpha value is -1.92. The monoisotopic (exact) mass is 268 g/mol. The molecular formula is C13H16O6. The Morgan fingerprint density at radius 1 is 1.11 bits per heavy atom. The zero-order valence-electron chi connectivity index (χ0n) is 10.7. The third kappa shape index (κ3) is 4.69. The lowest BCUT2D eigenvalue weighted by atomic mass is 10.1. The van der Waals surface area contributed by atoms with E-state index in [0.29, 0.717) is 0 Å². The summed E-state index contributed by atoms with van der Waals surface area (Å²) in [6.45, 7) is 2.59. The van der Waals surface area contributed by atoms with Gasteiger partial charge in [-0.2, -0.15) is 0 Å². The van der Waals surface area contributed by atoms with E-state index >= 15 is 0 Å². The van der Waals surface area contributed by atoms with E-state index in [9.17, 15) is 9.59 Å². The molecule has 0 amide bonds. The number of carbonyl (C=O) groups is 2. The van der Waals surface area contributed by atoms with Gasteiger partial charge in [-0.3, -0.25) is 0 Å². The Kier molecular flexibility index (Phi) is 5.47. The largest absolute Gasteiger partial charge is 0.459 e. The molecule has 0 bridgehead atoms. The number of hydrogen-bond acceptors (Lipinski definition) is 6. The van der Waals surface area contributed by atoms with E-state index in [4.69, 9.17) is 14.9 Å². The highest BCUT2D eigenvalue weighted by atomic mass is 16.6. The maximum Gasteiger partial charge on any atom is 0.341 e. The van der Waals surface area contributed by atoms with Crippen molar-refractivity contribution in [2.24, 2.45) is 0 Å². The second-order valence-electron chi connectivity index (χ2n) is 4.00. The van der Waals surface area contributed by atoms with Crippen LogP contribution in [0.25, 0.3) is 0 Å². The van der Waals surface area contributed by atoms with Gasteiger partial charge in [0.05, 0.1) is 17.2 Å². The maximum atomic E-state index is 11.8. The fourth-order valence-corrected chi connectivity index (χ4v) is 1.33. The van der Waals surface area contributed by atoms with Crippen molar-refractivity contribution in [1.29, 1.82) is 0 Å². The smallest absolute Gasteiger partial charge is 0.341 e. The Balaban J connectivity index is 2.89. The molecule has 2 atom stereocenters. The first-order valence-electron chi connectivity index (χ1n) is 5.75. The number of benzene rings is 1. The summed E-state index contributed by atoms with van der Waals surface area (Å²) in [6.07, 6.45) is -2.06. The minimum absolute atomic E-state index is 0.000933. The van der Waals surface area contributed by atoms with Gasteiger partial charge in [0.25, 0.3) is 0 Å². The lowest BCUT2D eigenvalue weighted by Gasteiger charge is -2.11. The SMILES string of the molecule is CC(O)COC(=O)c1ccccc1C(=O)OC(C)O. The van der Waals surface area contributed by atoms with Crippen molar-refractivity contribution in [3.05, 3.63) is 35.4 Å². The first-order chi connectivity index (χ1) is 8.91. The zero-order valence-corrected chi connectivity index (χ0v) is 10.7. The lowest BCUT2D eigenvalue weighted by Crippen LogP contribution is -2.20. The third-order valence-corrected chi connectivity index (χ3v) is 2.10. The summed E-state index contributed by atoms with van der Waals surface area (Å²) >= 11 is 0. The zero-order chi connectivity index (χ0) is 14.4. The van der Waals surface area contributed by atoms with Crippen LogP contribution in [0.3, 0.4) is 0 Å². The minimum Gasteiger partial charge on any atom is -0.459 e. The molecule has 2 unspecified atom stereocenters. The van der Waals surface area contributed by atoms with Crippen molar-refractivity contribution < 1.29 is 29.3 Å². The summed E-state index contributed by atoms with van der Waals surface area (Å²) in [7, 11) is 0. The molecule has 0 saturated heterocycles. The van der Waals surface area contributed by atoms with E-state index in [2.05, 4.69) is 4.74 Å². The molecule has 0 aromatic heterocycles. The van der Waals surface area contributed by atoms with Crippen molar-refractivity contribution in [2.45, 2.75) is 26.2 Å². The predicted octanol–water partition coefficient (Wildman–Crippen LogP) is 0.719. The molecule has 104 valence electrons. The summed E-state index contributed by atoms with van der Waals surface area (Å²) in [5.74, 6) is -1.56. The molecule has 6 nitrogen and oxygen atoms in total. The molecule has 1 rings (SSSR count). The molecule has 0 heterocycles. The average Bonchev–Trinajstić information content (AvgIpc) is 2.35. The van der Waals surface area contributed by atoms with Gasteiger partial charge in [0.2, 0.25) is 0 Å². The second kappa shape index (κ2) is 6.86. The number of ether oxygens (including phenoxy) is 2. The van der Waals surface area contributed by atoms with Crippen LogP contribution in [0.2, 0.25) is 0 Å². The summed E-state index contributed by atoms with van der Waals surface area (Å²) in [5.41, 5.74) is 0.0211. The molecule has 19 heavy (non-hydrogen) atoms. The first-order valence-corrected chi connectivity index (χ1v) is 5.75. The average molecular weight is 268 g/mol. The number of rotatable bonds is 5. The number of esters is 2. The molecule has 6 heteroatoms. The highest BCUT2D eigenvalue weighted by Crippen LogP contribution is 2.12. The molecular weight excluding hydrogens is 252 g/mol. The fraction of sp³-hybridized carbons (Fsp3) is 0.385. The predicted molar refractivity (Wildman–Crippen MR) is 65.5 cm³/mol. The number of aliphatic hydroxyl groups is 2. The quantitative estimate of drug-likeness (QED) is 0.603. The molecule has 1 aromatic rings. The molecule has 2 N–H and O–H groups in total. The van der Waals surface area contributed by atoms with Gasteiger partial charge in [0.1, 0.15) is 6.61 Å². The van der Waals surface area contributed by atoms with Crippen molar-refractivity contribution in [1.82, 2.24) is 0 Å². The van der Waals surface area contributed by atoms with Gasteiger partial charge in [-0.05, 0) is 26.0 Å². The fourth-order valence-electron chi connectivity index (χ4n) is 1.33. The topological polar surface area (TPSA) is 93.1 Å². The van der Waals surface area contributed by atoms with Gasteiger partial charge in [0.15, 0.2) is 6.29 Å². The normalized spacial score (nSPS) is 13.5. The summed E-state index contributed by atoms with van der Waals surface area (Å²) in [4.78, 5) is 23.4. The van der Waals surface area contributed by atoms with Crippen molar-refractivity contribution in [2.75, 3.05) is 6.61 Å². The molecule has 1 aromatic carbocycles. The molecule has 0 aliphatic heterocycles. The van der Waals surface area contributed by atoms with E-state index in [1.54, 1.807) is 12.1 Å². The summed E-state index contributed by atoms with van der Waals surface area (Å²) in [6, 6.07) is 5.93. The van der Waals surface area contributed by atoms with E-state index in [1.165, 1.54) is 26.0 Å². The first kappa shape index (κ1) is 15.1. The van der Waals surface area contributed by atoms with E-state index in [-0.39, 0.29) is 17.7 Å². The van der Waals surface area contributed by atoms with E-state index < -0.39 is 24.3 Å². The van der Waals surface area contributed by atoms with Crippen LogP contribution in [0.4, 0.5) is 0 Å². The Morgan fingerprint density at radius 3 is 2.11 bits per heavy atom. The van der Waals surface area contributed by atoms with Crippen molar-refractivity contribution in [3.63, 3.8) is 0 Å². The van der Waals surface area contributed by atoms with Gasteiger partial charge in [0, 0.05) is 0 Å². The Morgan fingerprint density at radius 2 is 1.63 bits per heavy atom. The van der Waals surface area contributed by atoms with Crippen molar-refractivity contribution >= 4 is 11.9 Å². The second-order valence-corrected chi connectivity index (χ2v) is 4.00. The summed E-state index contributed by atoms with van der Waals surface area (Å²) in [5, 5.41) is 18.0. The van der Waals surface area contributed by atoms with Gasteiger partial charge in [-0.1, -0.05) is 12.1 Å². The van der Waals surface area contributed by atoms with Crippen LogP contribution in [0, 0.1) is 0 Å². The van der Waals surface area contributed by atoms with E-state index in [0.717, 1.165) is 0 Å². The number of hydrogen-bond donors (Lipinski definition) is 2. The van der Waals surface area contributed by atoms with Crippen LogP contribution in [0.5, 0.6) is 0 Å². The van der Waals surface area contributed by atoms with Crippen LogP contribution in [0.1, 0.15) is 34.6 Å². The van der Waals surface area contributed by atoms with Crippen LogP contribution >= 0.6 is 0 Å². The minimum atomic E-state index is -1.27. The molecule has 0 fully saturated rings. The highest BCUT2D eigenvalue weighted by molar-refractivity contribution is 6.03. The number of carbonyl (C=O) groups excluding carboxylic acids is 2. The molecule has 0 spiro atoms. The van der Waals surface area contributed by atoms with Crippen LogP contribution in [-0.4, -0.2) is 41.2 Å². The summed E-state index contributed by atoms with van der Waals surface area (Å²) < 4.78 is 9.44. The molecule has 0 aliphatic rings. The van der Waals surface area contributed by atoms with Crippen LogP contribution in [0.15, 0.2) is 24.3 Å². The number of aliphatic hydroxyl groups excluding tert-OH is 2. The lowest BCUT2D eigenvalue weighted by molar-refractivity contribution is -0.0524. The van der Waals surface area contributed by atoms with Gasteiger partial charge < -0.3 is 19.7 Å². The molecule has 0 saturated carbocycles. The molecule has 0 aliphatic carbocycles. The van der Waals surface area contributed by atoms with Gasteiger partial charge in [-0.15, -0.1) is 0 Å². The van der Waals surface area contributed by atoms with Crippen LogP contribution in [-0.2, 0) is 9.47 Å². The highest BCUT2D eigenvalue weighted by Gasteiger charge is 2.20. The molecule has 0 radical (unpaired) electrons. The van der Waals surface area contributed by atoms with E-state index in [1.807, 2.05) is 0 Å². The van der Waals surface area contributed by atoms with Gasteiger partial charge >= 0.3 is 11.9 Å². The van der Waals surface area contributed by atoms with Crippen molar-refractivity contribution in [3.8, 4) is 0 Å². The Bertz CT molecular complexity index is 452.